The Balaban J connectivity index is 1.44. The van der Waals surface area contributed by atoms with E-state index in [4.69, 9.17) is 0 Å². The van der Waals surface area contributed by atoms with Gasteiger partial charge in [0.1, 0.15) is 0 Å². The molecule has 0 bridgehead atoms. The summed E-state index contributed by atoms with van der Waals surface area (Å²) in [4.78, 5) is 27.4. The van der Waals surface area contributed by atoms with Gasteiger partial charge in [-0.1, -0.05) is 84.9 Å². The van der Waals surface area contributed by atoms with E-state index in [0.717, 1.165) is 27.3 Å². The van der Waals surface area contributed by atoms with Crippen LogP contribution >= 0.6 is 0 Å². The molecule has 0 spiro atoms. The maximum Gasteiger partial charge on any atom is 0.251 e. The van der Waals surface area contributed by atoms with Crippen molar-refractivity contribution in [1.82, 2.24) is 16.0 Å². The molecule has 0 radical (unpaired) electrons. The summed E-state index contributed by atoms with van der Waals surface area (Å²) in [5.41, 5.74) is 4.54. The molecule has 1 aliphatic heterocycles. The van der Waals surface area contributed by atoms with Crippen molar-refractivity contribution in [3.63, 3.8) is 0 Å². The molecule has 0 fully saturated rings. The van der Waals surface area contributed by atoms with Crippen molar-refractivity contribution in [1.29, 1.82) is 0 Å². The number of hydrogen-bond donors (Lipinski definition) is 4. The molecule has 240 valence electrons. The van der Waals surface area contributed by atoms with Gasteiger partial charge in [0.05, 0.1) is 30.1 Å². The van der Waals surface area contributed by atoms with Gasteiger partial charge in [-0.3, -0.25) is 13.9 Å². The average molecular weight is 641 g/mol. The lowest BCUT2D eigenvalue weighted by molar-refractivity contribution is 0.0688. The van der Waals surface area contributed by atoms with E-state index in [9.17, 15) is 23.1 Å². The smallest absolute Gasteiger partial charge is 0.251 e. The molecule has 0 saturated heterocycles. The number of amides is 2. The van der Waals surface area contributed by atoms with Gasteiger partial charge in [0, 0.05) is 30.8 Å². The first-order chi connectivity index (χ1) is 22.0. The minimum absolute atomic E-state index is 0.0951. The third-order valence-corrected chi connectivity index (χ3v) is 9.71. The molecule has 2 amide bonds. The van der Waals surface area contributed by atoms with E-state index < -0.39 is 34.0 Å². The Labute approximate surface area is 270 Å². The molecule has 1 unspecified atom stereocenters. The van der Waals surface area contributed by atoms with Crippen LogP contribution in [0.5, 0.6) is 0 Å². The van der Waals surface area contributed by atoms with Crippen LogP contribution in [-0.2, 0) is 29.4 Å². The van der Waals surface area contributed by atoms with Crippen molar-refractivity contribution < 1.29 is 23.1 Å². The Bertz CT molecular complexity index is 1780. The lowest BCUT2D eigenvalue weighted by atomic mass is 9.88. The number of carbonyl (C=O) groups is 2. The summed E-state index contributed by atoms with van der Waals surface area (Å²) in [5.74, 6) is -0.995. The van der Waals surface area contributed by atoms with E-state index in [-0.39, 0.29) is 28.9 Å². The fourth-order valence-corrected chi connectivity index (χ4v) is 6.22. The van der Waals surface area contributed by atoms with E-state index >= 15 is 0 Å². The predicted molar refractivity (Wildman–Crippen MR) is 180 cm³/mol. The highest BCUT2D eigenvalue weighted by Crippen LogP contribution is 2.24. The summed E-state index contributed by atoms with van der Waals surface area (Å²) in [7, 11) is -2.33. The summed E-state index contributed by atoms with van der Waals surface area (Å²) in [6.45, 7) is 2.45. The first kappa shape index (κ1) is 32.9. The van der Waals surface area contributed by atoms with E-state index in [2.05, 4.69) is 28.1 Å². The van der Waals surface area contributed by atoms with Gasteiger partial charge in [-0.2, -0.15) is 0 Å². The van der Waals surface area contributed by atoms with E-state index in [1.54, 1.807) is 0 Å². The van der Waals surface area contributed by atoms with Gasteiger partial charge in [0.25, 0.3) is 11.8 Å². The molecule has 0 saturated carbocycles. The van der Waals surface area contributed by atoms with Crippen LogP contribution in [-0.4, -0.2) is 56.8 Å². The first-order valence-electron chi connectivity index (χ1n) is 15.3. The molecule has 1 aliphatic rings. The van der Waals surface area contributed by atoms with Crippen LogP contribution in [0.3, 0.4) is 0 Å². The van der Waals surface area contributed by atoms with E-state index in [1.807, 2.05) is 79.7 Å². The number of benzene rings is 4. The summed E-state index contributed by atoms with van der Waals surface area (Å²) in [5, 5.41) is 21.1. The topological polar surface area (TPSA) is 128 Å². The molecule has 0 aromatic heterocycles. The summed E-state index contributed by atoms with van der Waals surface area (Å²) >= 11 is 0. The zero-order chi connectivity index (χ0) is 32.8. The van der Waals surface area contributed by atoms with Gasteiger partial charge < -0.3 is 21.1 Å². The average Bonchev–Trinajstić information content (AvgIpc) is 3.07. The zero-order valence-corrected chi connectivity index (χ0v) is 27.0. The van der Waals surface area contributed by atoms with E-state index in [0.29, 0.717) is 19.4 Å². The maximum atomic E-state index is 13.9. The zero-order valence-electron chi connectivity index (χ0n) is 26.2. The normalized spacial score (nSPS) is 16.4. The molecule has 4 aromatic rings. The van der Waals surface area contributed by atoms with Crippen LogP contribution in [0.4, 0.5) is 5.69 Å². The summed E-state index contributed by atoms with van der Waals surface area (Å²) in [6, 6.07) is 30.1. The second kappa shape index (κ2) is 14.3. The van der Waals surface area contributed by atoms with Gasteiger partial charge in [0.2, 0.25) is 10.0 Å². The molecule has 4 atom stereocenters. The summed E-state index contributed by atoms with van der Waals surface area (Å²) in [6.07, 6.45) is 1.06. The molecule has 46 heavy (non-hydrogen) atoms. The van der Waals surface area contributed by atoms with Crippen LogP contribution in [0.2, 0.25) is 0 Å². The Kier molecular flexibility index (Phi) is 10.2. The number of nitrogens with zero attached hydrogens (tertiary/aromatic N) is 1. The van der Waals surface area contributed by atoms with Crippen molar-refractivity contribution in [2.45, 2.75) is 50.5 Å². The minimum atomic E-state index is -3.70. The molecule has 1 heterocycles. The van der Waals surface area contributed by atoms with Gasteiger partial charge in [0.15, 0.2) is 0 Å². The standard InChI is InChI=1S/C36H40N4O5S/c1-24(26-14-8-5-9-15-26)38-35(42)29-19-30(21-31(20-29)40(2)46(3,44)45)36(43)39-33(18-25-12-6-4-7-13-25)34(41)32-22-27-16-10-11-17-28(27)23-37-32/h4-17,19-21,24,32-34,37,41H,18,22-23H2,1-3H3,(H,38,42)(H,39,43)/t24-,32?,33-,34+/m0/s1. The Morgan fingerprint density at radius 3 is 2.07 bits per heavy atom. The molecular weight excluding hydrogens is 600 g/mol. The number of aliphatic hydroxyl groups is 1. The monoisotopic (exact) mass is 640 g/mol. The Morgan fingerprint density at radius 1 is 0.870 bits per heavy atom. The number of carbonyl (C=O) groups excluding carboxylic acids is 2. The molecule has 10 heteroatoms. The number of rotatable bonds is 11. The quantitative estimate of drug-likeness (QED) is 0.196. The predicted octanol–water partition coefficient (Wildman–Crippen LogP) is 3.99. The largest absolute Gasteiger partial charge is 0.389 e. The lowest BCUT2D eigenvalue weighted by Crippen LogP contribution is -2.55. The molecule has 4 N–H and O–H groups in total. The number of sulfonamides is 1. The van der Waals surface area contributed by atoms with Gasteiger partial charge in [-0.25, -0.2) is 8.42 Å². The highest BCUT2D eigenvalue weighted by molar-refractivity contribution is 7.92. The van der Waals surface area contributed by atoms with Gasteiger partial charge in [-0.15, -0.1) is 0 Å². The van der Waals surface area contributed by atoms with Crippen LogP contribution in [0.25, 0.3) is 0 Å². The van der Waals surface area contributed by atoms with Gasteiger partial charge in [-0.05, 0) is 60.2 Å². The number of anilines is 1. The number of nitrogens with one attached hydrogen (secondary N) is 3. The number of aliphatic hydroxyl groups excluding tert-OH is 1. The third kappa shape index (κ3) is 8.00. The van der Waals surface area contributed by atoms with Crippen molar-refractivity contribution in [3.8, 4) is 0 Å². The van der Waals surface area contributed by atoms with Crippen molar-refractivity contribution >= 4 is 27.5 Å². The second-order valence-corrected chi connectivity index (χ2v) is 13.8. The second-order valence-electron chi connectivity index (χ2n) is 11.8. The summed E-state index contributed by atoms with van der Waals surface area (Å²) < 4.78 is 26.0. The van der Waals surface area contributed by atoms with Crippen LogP contribution in [0.1, 0.15) is 55.9 Å². The Hall–Kier alpha value is -4.51. The number of fused-ring (bicyclic) bond motifs is 1. The molecule has 5 rings (SSSR count). The van der Waals surface area contributed by atoms with Gasteiger partial charge >= 0.3 is 0 Å². The van der Waals surface area contributed by atoms with Crippen LogP contribution < -0.4 is 20.3 Å². The molecule has 9 nitrogen and oxygen atoms in total. The van der Waals surface area contributed by atoms with Crippen LogP contribution in [0.15, 0.2) is 103 Å². The maximum absolute atomic E-state index is 13.9. The van der Waals surface area contributed by atoms with Crippen molar-refractivity contribution in [3.05, 3.63) is 137 Å². The fourth-order valence-electron chi connectivity index (χ4n) is 5.73. The number of hydrogen-bond acceptors (Lipinski definition) is 6. The molecular formula is C36H40N4O5S. The van der Waals surface area contributed by atoms with Crippen LogP contribution in [0, 0.1) is 0 Å². The SMILES string of the molecule is C[C@H](NC(=O)c1cc(C(=O)N[C@@H](Cc2ccccc2)[C@H](O)C2Cc3ccccc3CN2)cc(N(C)S(C)(=O)=O)c1)c1ccccc1. The fraction of sp³-hybridized carbons (Fsp3) is 0.278. The lowest BCUT2D eigenvalue weighted by Gasteiger charge is -2.34. The highest BCUT2D eigenvalue weighted by Gasteiger charge is 2.32. The van der Waals surface area contributed by atoms with Crippen molar-refractivity contribution in [2.24, 2.45) is 0 Å². The van der Waals surface area contributed by atoms with Crippen molar-refractivity contribution in [2.75, 3.05) is 17.6 Å². The minimum Gasteiger partial charge on any atom is -0.389 e. The third-order valence-electron chi connectivity index (χ3n) is 8.50. The molecule has 4 aromatic carbocycles. The Morgan fingerprint density at radius 2 is 1.43 bits per heavy atom. The van der Waals surface area contributed by atoms with E-state index in [1.165, 1.54) is 30.8 Å². The molecule has 0 aliphatic carbocycles. The highest BCUT2D eigenvalue weighted by atomic mass is 32.2. The first-order valence-corrected chi connectivity index (χ1v) is 17.1.